The molecule has 0 bridgehead atoms. The molecule has 0 fully saturated rings. The van der Waals surface area contributed by atoms with Gasteiger partial charge >= 0.3 is 0 Å². The van der Waals surface area contributed by atoms with E-state index in [9.17, 15) is 0 Å². The molecule has 0 amide bonds. The Labute approximate surface area is 122 Å². The Morgan fingerprint density at radius 3 is 2.90 bits per heavy atom. The Kier molecular flexibility index (Phi) is 3.54. The molecule has 104 valence electrons. The molecule has 5 heteroatoms. The van der Waals surface area contributed by atoms with Crippen molar-refractivity contribution in [3.8, 4) is 0 Å². The Bertz CT molecular complexity index is 728. The summed E-state index contributed by atoms with van der Waals surface area (Å²) in [6, 6.07) is 8.51. The summed E-state index contributed by atoms with van der Waals surface area (Å²) in [7, 11) is 0. The molecule has 1 atom stereocenters. The maximum atomic E-state index is 4.24. The van der Waals surface area contributed by atoms with Gasteiger partial charge < -0.3 is 5.32 Å². The predicted octanol–water partition coefficient (Wildman–Crippen LogP) is 3.26. The summed E-state index contributed by atoms with van der Waals surface area (Å²) in [5.41, 5.74) is 2.26. The molecule has 20 heavy (non-hydrogen) atoms. The van der Waals surface area contributed by atoms with E-state index in [4.69, 9.17) is 0 Å². The molecule has 0 spiro atoms. The number of aromatic nitrogens is 3. The van der Waals surface area contributed by atoms with Crippen LogP contribution >= 0.6 is 11.3 Å². The van der Waals surface area contributed by atoms with Crippen LogP contribution in [-0.4, -0.2) is 14.6 Å². The van der Waals surface area contributed by atoms with E-state index in [1.165, 1.54) is 15.3 Å². The normalized spacial score (nSPS) is 12.9. The highest BCUT2D eigenvalue weighted by Crippen LogP contribution is 2.26. The van der Waals surface area contributed by atoms with Gasteiger partial charge in [0.1, 0.15) is 0 Å². The molecule has 3 aromatic rings. The number of nitrogens with one attached hydrogen (secondary N) is 1. The van der Waals surface area contributed by atoms with Gasteiger partial charge in [0, 0.05) is 22.0 Å². The van der Waals surface area contributed by atoms with Crippen molar-refractivity contribution in [2.45, 2.75) is 33.4 Å². The Morgan fingerprint density at radius 1 is 1.30 bits per heavy atom. The van der Waals surface area contributed by atoms with Crippen LogP contribution in [0.4, 0.5) is 0 Å². The molecule has 0 aromatic carbocycles. The van der Waals surface area contributed by atoms with Gasteiger partial charge in [-0.15, -0.1) is 21.5 Å². The first kappa shape index (κ1) is 13.3. The molecule has 3 heterocycles. The van der Waals surface area contributed by atoms with Gasteiger partial charge in [-0.25, -0.2) is 0 Å². The Balaban J connectivity index is 1.74. The zero-order valence-electron chi connectivity index (χ0n) is 11.9. The van der Waals surface area contributed by atoms with E-state index >= 15 is 0 Å². The van der Waals surface area contributed by atoms with E-state index in [-0.39, 0.29) is 0 Å². The lowest BCUT2D eigenvalue weighted by Gasteiger charge is -2.13. The van der Waals surface area contributed by atoms with Crippen molar-refractivity contribution >= 4 is 17.0 Å². The van der Waals surface area contributed by atoms with Crippen molar-refractivity contribution in [3.05, 3.63) is 51.6 Å². The molecular formula is C15H18N4S. The maximum Gasteiger partial charge on any atom is 0.160 e. The van der Waals surface area contributed by atoms with E-state index in [0.29, 0.717) is 12.6 Å². The summed E-state index contributed by atoms with van der Waals surface area (Å²) in [4.78, 5) is 2.74. The van der Waals surface area contributed by atoms with Crippen LogP contribution in [0.3, 0.4) is 0 Å². The number of thiophene rings is 1. The number of nitrogens with zero attached hydrogens (tertiary/aromatic N) is 3. The zero-order chi connectivity index (χ0) is 14.1. The molecule has 3 rings (SSSR count). The quantitative estimate of drug-likeness (QED) is 0.800. The summed E-state index contributed by atoms with van der Waals surface area (Å²) >= 11 is 1.85. The van der Waals surface area contributed by atoms with Crippen molar-refractivity contribution in [1.82, 2.24) is 19.9 Å². The maximum absolute atomic E-state index is 4.24. The summed E-state index contributed by atoms with van der Waals surface area (Å²) in [6.07, 6.45) is 2.00. The third-order valence-corrected chi connectivity index (χ3v) is 4.48. The van der Waals surface area contributed by atoms with Crippen LogP contribution in [0.5, 0.6) is 0 Å². The molecule has 0 saturated carbocycles. The van der Waals surface area contributed by atoms with Gasteiger partial charge in [0.05, 0.1) is 6.54 Å². The first-order valence-electron chi connectivity index (χ1n) is 6.74. The van der Waals surface area contributed by atoms with Gasteiger partial charge in [-0.3, -0.25) is 4.40 Å². The Morgan fingerprint density at radius 2 is 2.15 bits per heavy atom. The zero-order valence-corrected chi connectivity index (χ0v) is 12.7. The molecule has 0 aliphatic heterocycles. The molecule has 4 nitrogen and oxygen atoms in total. The minimum atomic E-state index is 0.316. The van der Waals surface area contributed by atoms with Crippen molar-refractivity contribution in [2.75, 3.05) is 0 Å². The summed E-state index contributed by atoms with van der Waals surface area (Å²) in [5, 5.41) is 11.9. The fourth-order valence-corrected chi connectivity index (χ4v) is 3.47. The van der Waals surface area contributed by atoms with E-state index in [0.717, 1.165) is 11.5 Å². The Hall–Kier alpha value is -1.72. The number of aryl methyl sites for hydroxylation is 2. The second-order valence-electron chi connectivity index (χ2n) is 5.02. The standard InChI is InChI=1S/C15H18N4S/c1-10-8-13(12(3)20-10)11(2)16-9-15-18-17-14-6-4-5-7-19(14)15/h4-8,11,16H,9H2,1-3H3. The minimum Gasteiger partial charge on any atom is -0.303 e. The fraction of sp³-hybridized carbons (Fsp3) is 0.333. The first-order chi connectivity index (χ1) is 9.65. The molecular weight excluding hydrogens is 268 g/mol. The van der Waals surface area contributed by atoms with Gasteiger partial charge in [0.25, 0.3) is 0 Å². The van der Waals surface area contributed by atoms with Crippen LogP contribution in [-0.2, 0) is 6.54 Å². The third kappa shape index (κ3) is 2.46. The van der Waals surface area contributed by atoms with E-state index in [1.807, 2.05) is 40.1 Å². The van der Waals surface area contributed by atoms with Crippen LogP contribution in [0.1, 0.15) is 34.1 Å². The largest absolute Gasteiger partial charge is 0.303 e. The molecule has 0 saturated heterocycles. The third-order valence-electron chi connectivity index (χ3n) is 3.50. The van der Waals surface area contributed by atoms with Crippen LogP contribution in [0.2, 0.25) is 0 Å². The highest BCUT2D eigenvalue weighted by Gasteiger charge is 2.12. The summed E-state index contributed by atoms with van der Waals surface area (Å²) in [6.45, 7) is 7.23. The monoisotopic (exact) mass is 286 g/mol. The van der Waals surface area contributed by atoms with E-state index < -0.39 is 0 Å². The average Bonchev–Trinajstić information content (AvgIpc) is 2.99. The van der Waals surface area contributed by atoms with Crippen molar-refractivity contribution in [1.29, 1.82) is 0 Å². The summed E-state index contributed by atoms with van der Waals surface area (Å²) in [5.74, 6) is 0.942. The van der Waals surface area contributed by atoms with Gasteiger partial charge in [0.15, 0.2) is 11.5 Å². The molecule has 3 aromatic heterocycles. The van der Waals surface area contributed by atoms with Crippen LogP contribution in [0.15, 0.2) is 30.5 Å². The average molecular weight is 286 g/mol. The van der Waals surface area contributed by atoms with Gasteiger partial charge in [-0.2, -0.15) is 0 Å². The smallest absolute Gasteiger partial charge is 0.160 e. The topological polar surface area (TPSA) is 42.2 Å². The van der Waals surface area contributed by atoms with Crippen molar-refractivity contribution in [2.24, 2.45) is 0 Å². The van der Waals surface area contributed by atoms with Gasteiger partial charge in [-0.1, -0.05) is 6.07 Å². The lowest BCUT2D eigenvalue weighted by atomic mass is 10.1. The van der Waals surface area contributed by atoms with Crippen LogP contribution < -0.4 is 5.32 Å². The van der Waals surface area contributed by atoms with E-state index in [2.05, 4.69) is 42.4 Å². The number of hydrogen-bond donors (Lipinski definition) is 1. The summed E-state index contributed by atoms with van der Waals surface area (Å²) < 4.78 is 2.02. The fourth-order valence-electron chi connectivity index (χ4n) is 2.45. The number of hydrogen-bond acceptors (Lipinski definition) is 4. The molecule has 1 unspecified atom stereocenters. The number of pyridine rings is 1. The highest BCUT2D eigenvalue weighted by atomic mass is 32.1. The highest BCUT2D eigenvalue weighted by molar-refractivity contribution is 7.12. The molecule has 0 aliphatic carbocycles. The van der Waals surface area contributed by atoms with Crippen LogP contribution in [0, 0.1) is 13.8 Å². The van der Waals surface area contributed by atoms with Crippen molar-refractivity contribution < 1.29 is 0 Å². The number of rotatable bonds is 4. The van der Waals surface area contributed by atoms with Gasteiger partial charge in [-0.05, 0) is 44.5 Å². The molecule has 1 N–H and O–H groups in total. The van der Waals surface area contributed by atoms with E-state index in [1.54, 1.807) is 0 Å². The molecule has 0 radical (unpaired) electrons. The second kappa shape index (κ2) is 5.34. The number of fused-ring (bicyclic) bond motifs is 1. The molecule has 0 aliphatic rings. The minimum absolute atomic E-state index is 0.316. The predicted molar refractivity (Wildman–Crippen MR) is 82.0 cm³/mol. The first-order valence-corrected chi connectivity index (χ1v) is 7.56. The lowest BCUT2D eigenvalue weighted by Crippen LogP contribution is -2.19. The second-order valence-corrected chi connectivity index (χ2v) is 6.48. The lowest BCUT2D eigenvalue weighted by molar-refractivity contribution is 0.556. The van der Waals surface area contributed by atoms with Gasteiger partial charge in [0.2, 0.25) is 0 Å². The van der Waals surface area contributed by atoms with Crippen LogP contribution in [0.25, 0.3) is 5.65 Å². The van der Waals surface area contributed by atoms with Crippen molar-refractivity contribution in [3.63, 3.8) is 0 Å². The SMILES string of the molecule is Cc1cc(C(C)NCc2nnc3ccccn23)c(C)s1.